The zero-order valence-corrected chi connectivity index (χ0v) is 14.3. The van der Waals surface area contributed by atoms with Crippen LogP contribution in [0.5, 0.6) is 0 Å². The van der Waals surface area contributed by atoms with E-state index in [4.69, 9.17) is 0 Å². The Morgan fingerprint density at radius 2 is 1.70 bits per heavy atom. The second kappa shape index (κ2) is 7.04. The number of halogens is 2. The van der Waals surface area contributed by atoms with Crippen molar-refractivity contribution in [3.05, 3.63) is 0 Å². The molecule has 0 radical (unpaired) electrons. The minimum absolute atomic E-state index is 0.0556. The maximum atomic E-state index is 13.8. The molecular weight excluding hydrogens is 298 g/mol. The number of rotatable bonds is 3. The van der Waals surface area contributed by atoms with E-state index < -0.39 is 11.8 Å². The zero-order chi connectivity index (χ0) is 16.4. The molecule has 0 N–H and O–H groups in total. The van der Waals surface area contributed by atoms with Crippen molar-refractivity contribution in [3.8, 4) is 0 Å². The first-order valence-electron chi connectivity index (χ1n) is 9.34. The highest BCUT2D eigenvalue weighted by molar-refractivity contribution is 5.79. The van der Waals surface area contributed by atoms with Gasteiger partial charge in [0.05, 0.1) is 0 Å². The molecule has 2 saturated heterocycles. The summed E-state index contributed by atoms with van der Waals surface area (Å²) in [6, 6.07) is 0. The first kappa shape index (κ1) is 17.1. The summed E-state index contributed by atoms with van der Waals surface area (Å²) in [7, 11) is 0. The lowest BCUT2D eigenvalue weighted by atomic mass is 9.92. The molecule has 0 bridgehead atoms. The summed E-state index contributed by atoms with van der Waals surface area (Å²) in [6.45, 7) is 6.15. The third kappa shape index (κ3) is 4.04. The maximum absolute atomic E-state index is 13.8. The Hall–Kier alpha value is -0.710. The summed E-state index contributed by atoms with van der Waals surface area (Å²) >= 11 is 0. The van der Waals surface area contributed by atoms with Crippen molar-refractivity contribution in [2.45, 2.75) is 57.8 Å². The minimum Gasteiger partial charge on any atom is -0.342 e. The fraction of sp³-hybridized carbons (Fsp3) is 0.944. The zero-order valence-electron chi connectivity index (χ0n) is 14.3. The van der Waals surface area contributed by atoms with Gasteiger partial charge in [-0.15, -0.1) is 0 Å². The molecule has 3 rings (SSSR count). The lowest BCUT2D eigenvalue weighted by Gasteiger charge is -2.37. The second-order valence-electron chi connectivity index (χ2n) is 7.93. The number of carbonyl (C=O) groups is 1. The van der Waals surface area contributed by atoms with Gasteiger partial charge in [-0.3, -0.25) is 4.79 Å². The number of hydrogen-bond donors (Lipinski definition) is 0. The van der Waals surface area contributed by atoms with Crippen molar-refractivity contribution in [1.82, 2.24) is 9.80 Å². The average Bonchev–Trinajstić information content (AvgIpc) is 2.87. The molecule has 0 spiro atoms. The normalized spacial score (nSPS) is 30.7. The van der Waals surface area contributed by atoms with Crippen LogP contribution in [0.2, 0.25) is 0 Å². The van der Waals surface area contributed by atoms with Crippen molar-refractivity contribution < 1.29 is 13.6 Å². The van der Waals surface area contributed by atoms with Gasteiger partial charge in [0, 0.05) is 37.9 Å². The number of alkyl halides is 2. The fourth-order valence-corrected chi connectivity index (χ4v) is 4.39. The Morgan fingerprint density at radius 1 is 1.04 bits per heavy atom. The van der Waals surface area contributed by atoms with Crippen molar-refractivity contribution >= 4 is 5.91 Å². The SMILES string of the molecule is CC1CCN(C(=O)C2CCN(CC3CCCC3(F)F)CC2)CC1. The molecule has 1 unspecified atom stereocenters. The van der Waals surface area contributed by atoms with E-state index in [1.165, 1.54) is 0 Å². The second-order valence-corrected chi connectivity index (χ2v) is 7.93. The van der Waals surface area contributed by atoms with E-state index in [1.807, 2.05) is 4.90 Å². The Bertz CT molecular complexity index is 413. The third-order valence-corrected chi connectivity index (χ3v) is 6.17. The minimum atomic E-state index is -2.48. The highest BCUT2D eigenvalue weighted by Gasteiger charge is 2.44. The van der Waals surface area contributed by atoms with Gasteiger partial charge in [-0.2, -0.15) is 0 Å². The summed E-state index contributed by atoms with van der Waals surface area (Å²) in [6.07, 6.45) is 5.26. The van der Waals surface area contributed by atoms with E-state index in [1.54, 1.807) is 0 Å². The number of hydrogen-bond acceptors (Lipinski definition) is 2. The highest BCUT2D eigenvalue weighted by Crippen LogP contribution is 2.41. The number of carbonyl (C=O) groups excluding carboxylic acids is 1. The lowest BCUT2D eigenvalue weighted by Crippen LogP contribution is -2.46. The standard InChI is InChI=1S/C18H30F2N2O/c1-14-4-11-22(12-5-14)17(23)15-6-9-21(10-7-15)13-16-3-2-8-18(16,19)20/h14-16H,2-13H2,1H3. The van der Waals surface area contributed by atoms with Gasteiger partial charge in [-0.1, -0.05) is 6.92 Å². The monoisotopic (exact) mass is 328 g/mol. The Labute approximate surface area is 138 Å². The Balaban J connectivity index is 1.44. The molecule has 23 heavy (non-hydrogen) atoms. The molecule has 0 aromatic rings. The Morgan fingerprint density at radius 3 is 2.26 bits per heavy atom. The van der Waals surface area contributed by atoms with Crippen LogP contribution < -0.4 is 0 Å². The summed E-state index contributed by atoms with van der Waals surface area (Å²) in [4.78, 5) is 16.8. The number of likely N-dealkylation sites (tertiary alicyclic amines) is 2. The molecule has 1 amide bonds. The van der Waals surface area contributed by atoms with Gasteiger partial charge in [0.1, 0.15) is 0 Å². The van der Waals surface area contributed by atoms with E-state index in [9.17, 15) is 13.6 Å². The van der Waals surface area contributed by atoms with Crippen LogP contribution in [0.4, 0.5) is 8.78 Å². The van der Waals surface area contributed by atoms with E-state index >= 15 is 0 Å². The van der Waals surface area contributed by atoms with Gasteiger partial charge < -0.3 is 9.80 Å². The topological polar surface area (TPSA) is 23.6 Å². The molecule has 1 saturated carbocycles. The van der Waals surface area contributed by atoms with E-state index in [-0.39, 0.29) is 12.3 Å². The molecule has 2 heterocycles. The van der Waals surface area contributed by atoms with Crippen LogP contribution in [-0.4, -0.2) is 54.4 Å². The average molecular weight is 328 g/mol. The molecule has 2 aliphatic heterocycles. The van der Waals surface area contributed by atoms with Gasteiger partial charge in [-0.25, -0.2) is 8.78 Å². The molecule has 3 fully saturated rings. The van der Waals surface area contributed by atoms with Gasteiger partial charge in [0.2, 0.25) is 5.91 Å². The van der Waals surface area contributed by atoms with Crippen molar-refractivity contribution in [1.29, 1.82) is 0 Å². The first-order chi connectivity index (χ1) is 11.0. The molecule has 0 aromatic heterocycles. The molecule has 5 heteroatoms. The van der Waals surface area contributed by atoms with Crippen LogP contribution in [0.25, 0.3) is 0 Å². The molecular formula is C18H30F2N2O. The van der Waals surface area contributed by atoms with Gasteiger partial charge >= 0.3 is 0 Å². The van der Waals surface area contributed by atoms with Crippen LogP contribution in [0.15, 0.2) is 0 Å². The van der Waals surface area contributed by atoms with Crippen LogP contribution in [-0.2, 0) is 4.79 Å². The quantitative estimate of drug-likeness (QED) is 0.793. The number of nitrogens with zero attached hydrogens (tertiary/aromatic N) is 2. The molecule has 3 nitrogen and oxygen atoms in total. The predicted octanol–water partition coefficient (Wildman–Crippen LogP) is 3.39. The summed E-state index contributed by atoms with van der Waals surface area (Å²) < 4.78 is 27.5. The van der Waals surface area contributed by atoms with Gasteiger partial charge in [0.15, 0.2) is 0 Å². The summed E-state index contributed by atoms with van der Waals surface area (Å²) in [5.41, 5.74) is 0. The van der Waals surface area contributed by atoms with Gasteiger partial charge in [-0.05, 0) is 57.5 Å². The molecule has 0 aromatic carbocycles. The van der Waals surface area contributed by atoms with Crippen molar-refractivity contribution in [2.24, 2.45) is 17.8 Å². The van der Waals surface area contributed by atoms with Crippen LogP contribution in [0.3, 0.4) is 0 Å². The maximum Gasteiger partial charge on any atom is 0.252 e. The van der Waals surface area contributed by atoms with Crippen molar-refractivity contribution in [2.75, 3.05) is 32.7 Å². The molecule has 1 aliphatic carbocycles. The smallest absolute Gasteiger partial charge is 0.252 e. The summed E-state index contributed by atoms with van der Waals surface area (Å²) in [5, 5.41) is 0. The van der Waals surface area contributed by atoms with Crippen molar-refractivity contribution in [3.63, 3.8) is 0 Å². The molecule has 132 valence electrons. The third-order valence-electron chi connectivity index (χ3n) is 6.17. The van der Waals surface area contributed by atoms with Crippen LogP contribution in [0, 0.1) is 17.8 Å². The fourth-order valence-electron chi connectivity index (χ4n) is 4.39. The lowest BCUT2D eigenvalue weighted by molar-refractivity contribution is -0.138. The summed E-state index contributed by atoms with van der Waals surface area (Å²) in [5.74, 6) is -1.80. The largest absolute Gasteiger partial charge is 0.342 e. The van der Waals surface area contributed by atoms with Crippen LogP contribution >= 0.6 is 0 Å². The number of piperidine rings is 2. The Kier molecular flexibility index (Phi) is 5.24. The predicted molar refractivity (Wildman–Crippen MR) is 86.4 cm³/mol. The molecule has 1 atom stereocenters. The number of amides is 1. The van der Waals surface area contributed by atoms with Gasteiger partial charge in [0.25, 0.3) is 5.92 Å². The van der Waals surface area contributed by atoms with E-state index in [0.29, 0.717) is 25.3 Å². The van der Waals surface area contributed by atoms with Crippen LogP contribution in [0.1, 0.15) is 51.9 Å². The molecule has 3 aliphatic rings. The first-order valence-corrected chi connectivity index (χ1v) is 9.34. The highest BCUT2D eigenvalue weighted by atomic mass is 19.3. The van der Waals surface area contributed by atoms with E-state index in [2.05, 4.69) is 11.8 Å². The van der Waals surface area contributed by atoms with E-state index in [0.717, 1.165) is 57.8 Å².